The van der Waals surface area contributed by atoms with Crippen molar-refractivity contribution >= 4 is 34.5 Å². The molecule has 0 saturated heterocycles. The Morgan fingerprint density at radius 3 is 2.37 bits per heavy atom. The second-order valence-electron chi connectivity index (χ2n) is 5.72. The molecule has 27 heavy (non-hydrogen) atoms. The van der Waals surface area contributed by atoms with Crippen molar-refractivity contribution in [2.24, 2.45) is 5.73 Å². The third-order valence-electron chi connectivity index (χ3n) is 3.75. The Hall–Kier alpha value is -3.81. The molecule has 1 atom stereocenters. The molecule has 0 saturated carbocycles. The van der Waals surface area contributed by atoms with Crippen LogP contribution in [0.1, 0.15) is 27.8 Å². The zero-order valence-corrected chi connectivity index (χ0v) is 14.4. The van der Waals surface area contributed by atoms with Gasteiger partial charge < -0.3 is 15.8 Å². The standard InChI is InChI=1S/C19H16N4O4/c1-11(18(25)22-13-8-6-12(7-9-13)17(20)24)27-19(26)16-10-21-14-4-2-3-5-15(14)23-16/h2-11H,1H3,(H2,20,24)(H,22,25). The van der Waals surface area contributed by atoms with Crippen LogP contribution in [-0.2, 0) is 9.53 Å². The van der Waals surface area contributed by atoms with Crippen molar-refractivity contribution in [3.63, 3.8) is 0 Å². The number of anilines is 1. The maximum absolute atomic E-state index is 12.2. The molecule has 2 amide bonds. The molecule has 0 radical (unpaired) electrons. The highest BCUT2D eigenvalue weighted by Crippen LogP contribution is 2.12. The number of carbonyl (C=O) groups excluding carboxylic acids is 3. The second-order valence-corrected chi connectivity index (χ2v) is 5.72. The van der Waals surface area contributed by atoms with Crippen molar-refractivity contribution in [3.8, 4) is 0 Å². The number of nitrogens with two attached hydrogens (primary N) is 1. The summed E-state index contributed by atoms with van der Waals surface area (Å²) in [5.74, 6) is -1.84. The zero-order valence-electron chi connectivity index (χ0n) is 14.4. The normalized spacial score (nSPS) is 11.6. The SMILES string of the molecule is CC(OC(=O)c1cnc2ccccc2n1)C(=O)Nc1ccc(C(N)=O)cc1. The molecular formula is C19H16N4O4. The highest BCUT2D eigenvalue weighted by Gasteiger charge is 2.20. The lowest BCUT2D eigenvalue weighted by molar-refractivity contribution is -0.123. The van der Waals surface area contributed by atoms with Gasteiger partial charge in [-0.1, -0.05) is 12.1 Å². The van der Waals surface area contributed by atoms with E-state index in [2.05, 4.69) is 15.3 Å². The maximum atomic E-state index is 12.2. The van der Waals surface area contributed by atoms with Crippen molar-refractivity contribution in [2.75, 3.05) is 5.32 Å². The number of benzene rings is 2. The number of primary amides is 1. The third kappa shape index (κ3) is 4.24. The summed E-state index contributed by atoms with van der Waals surface area (Å²) in [7, 11) is 0. The van der Waals surface area contributed by atoms with E-state index in [4.69, 9.17) is 10.5 Å². The summed E-state index contributed by atoms with van der Waals surface area (Å²) in [4.78, 5) is 43.8. The number of nitrogens with zero attached hydrogens (tertiary/aromatic N) is 2. The van der Waals surface area contributed by atoms with Gasteiger partial charge in [-0.25, -0.2) is 9.78 Å². The first-order valence-electron chi connectivity index (χ1n) is 8.07. The van der Waals surface area contributed by atoms with Crippen molar-refractivity contribution in [2.45, 2.75) is 13.0 Å². The van der Waals surface area contributed by atoms with Gasteiger partial charge >= 0.3 is 5.97 Å². The first-order chi connectivity index (χ1) is 12.9. The van der Waals surface area contributed by atoms with Crippen LogP contribution >= 0.6 is 0 Å². The second kappa shape index (κ2) is 7.61. The number of fused-ring (bicyclic) bond motifs is 1. The molecule has 3 N–H and O–H groups in total. The number of hydrogen-bond acceptors (Lipinski definition) is 6. The van der Waals surface area contributed by atoms with Gasteiger partial charge in [0.1, 0.15) is 0 Å². The fraction of sp³-hybridized carbons (Fsp3) is 0.105. The number of nitrogens with one attached hydrogen (secondary N) is 1. The van der Waals surface area contributed by atoms with Gasteiger partial charge in [0.15, 0.2) is 11.8 Å². The molecule has 0 fully saturated rings. The molecule has 0 aliphatic carbocycles. The molecule has 8 heteroatoms. The smallest absolute Gasteiger partial charge is 0.359 e. The maximum Gasteiger partial charge on any atom is 0.359 e. The number of rotatable bonds is 5. The molecular weight excluding hydrogens is 348 g/mol. The Kier molecular flexibility index (Phi) is 5.07. The van der Waals surface area contributed by atoms with Crippen molar-refractivity contribution in [3.05, 3.63) is 66.0 Å². The van der Waals surface area contributed by atoms with E-state index in [1.807, 2.05) is 6.07 Å². The van der Waals surface area contributed by atoms with Crippen LogP contribution < -0.4 is 11.1 Å². The van der Waals surface area contributed by atoms with Crippen LogP contribution in [-0.4, -0.2) is 33.9 Å². The summed E-state index contributed by atoms with van der Waals surface area (Å²) in [5, 5.41) is 2.59. The summed E-state index contributed by atoms with van der Waals surface area (Å²) in [6.45, 7) is 1.44. The largest absolute Gasteiger partial charge is 0.448 e. The molecule has 1 aromatic heterocycles. The van der Waals surface area contributed by atoms with E-state index >= 15 is 0 Å². The monoisotopic (exact) mass is 364 g/mol. The number of carbonyl (C=O) groups is 3. The van der Waals surface area contributed by atoms with Crippen molar-refractivity contribution < 1.29 is 19.1 Å². The molecule has 136 valence electrons. The Morgan fingerprint density at radius 2 is 1.70 bits per heavy atom. The van der Waals surface area contributed by atoms with Crippen LogP contribution in [0.15, 0.2) is 54.7 Å². The Bertz CT molecular complexity index is 1020. The average molecular weight is 364 g/mol. The fourth-order valence-electron chi connectivity index (χ4n) is 2.29. The summed E-state index contributed by atoms with van der Waals surface area (Å²) >= 11 is 0. The molecule has 1 unspecified atom stereocenters. The lowest BCUT2D eigenvalue weighted by Crippen LogP contribution is -2.30. The lowest BCUT2D eigenvalue weighted by atomic mass is 10.2. The van der Waals surface area contributed by atoms with Gasteiger partial charge in [-0.05, 0) is 43.3 Å². The van der Waals surface area contributed by atoms with E-state index in [0.717, 1.165) is 0 Å². The van der Waals surface area contributed by atoms with E-state index in [1.165, 1.54) is 37.4 Å². The third-order valence-corrected chi connectivity index (χ3v) is 3.75. The molecule has 0 aliphatic rings. The molecule has 0 aliphatic heterocycles. The van der Waals surface area contributed by atoms with Gasteiger partial charge in [-0.3, -0.25) is 14.6 Å². The Morgan fingerprint density at radius 1 is 1.04 bits per heavy atom. The van der Waals surface area contributed by atoms with E-state index in [-0.39, 0.29) is 5.69 Å². The lowest BCUT2D eigenvalue weighted by Gasteiger charge is -2.13. The summed E-state index contributed by atoms with van der Waals surface area (Å²) < 4.78 is 5.15. The Balaban J connectivity index is 1.64. The first kappa shape index (κ1) is 18.0. The van der Waals surface area contributed by atoms with Crippen LogP contribution in [0.5, 0.6) is 0 Å². The van der Waals surface area contributed by atoms with E-state index < -0.39 is 23.9 Å². The minimum atomic E-state index is -1.05. The fourth-order valence-corrected chi connectivity index (χ4v) is 2.29. The number of para-hydroxylation sites is 2. The van der Waals surface area contributed by atoms with Crippen molar-refractivity contribution in [1.29, 1.82) is 0 Å². The van der Waals surface area contributed by atoms with Gasteiger partial charge in [0.2, 0.25) is 5.91 Å². The van der Waals surface area contributed by atoms with E-state index in [1.54, 1.807) is 18.2 Å². The van der Waals surface area contributed by atoms with Gasteiger partial charge in [-0.2, -0.15) is 0 Å². The minimum Gasteiger partial charge on any atom is -0.448 e. The predicted octanol–water partition coefficient (Wildman–Crippen LogP) is 1.91. The highest BCUT2D eigenvalue weighted by molar-refractivity contribution is 5.98. The molecule has 0 spiro atoms. The van der Waals surface area contributed by atoms with Crippen LogP contribution in [0, 0.1) is 0 Å². The summed E-state index contributed by atoms with van der Waals surface area (Å²) in [5.41, 5.74) is 7.15. The van der Waals surface area contributed by atoms with E-state index in [9.17, 15) is 14.4 Å². The minimum absolute atomic E-state index is 0.0131. The molecule has 3 rings (SSSR count). The molecule has 0 bridgehead atoms. The van der Waals surface area contributed by atoms with Gasteiger partial charge in [0, 0.05) is 11.3 Å². The molecule has 1 heterocycles. The van der Waals surface area contributed by atoms with E-state index in [0.29, 0.717) is 22.3 Å². The van der Waals surface area contributed by atoms with Crippen molar-refractivity contribution in [1.82, 2.24) is 9.97 Å². The zero-order chi connectivity index (χ0) is 19.4. The number of ether oxygens (including phenoxy) is 1. The number of hydrogen-bond donors (Lipinski definition) is 2. The number of aromatic nitrogens is 2. The summed E-state index contributed by atoms with van der Waals surface area (Å²) in [6, 6.07) is 13.1. The molecule has 8 nitrogen and oxygen atoms in total. The topological polar surface area (TPSA) is 124 Å². The number of esters is 1. The van der Waals surface area contributed by atoms with Crippen LogP contribution in [0.25, 0.3) is 11.0 Å². The van der Waals surface area contributed by atoms with Crippen LogP contribution in [0.2, 0.25) is 0 Å². The average Bonchev–Trinajstić information content (AvgIpc) is 2.67. The van der Waals surface area contributed by atoms with Gasteiger partial charge in [0.25, 0.3) is 5.91 Å². The Labute approximate surface area is 154 Å². The first-order valence-corrected chi connectivity index (χ1v) is 8.07. The quantitative estimate of drug-likeness (QED) is 0.667. The molecule has 3 aromatic rings. The van der Waals surface area contributed by atoms with Crippen LogP contribution in [0.4, 0.5) is 5.69 Å². The molecule has 2 aromatic carbocycles. The van der Waals surface area contributed by atoms with Gasteiger partial charge in [0.05, 0.1) is 17.2 Å². The van der Waals surface area contributed by atoms with Gasteiger partial charge in [-0.15, -0.1) is 0 Å². The van der Waals surface area contributed by atoms with Crippen LogP contribution in [0.3, 0.4) is 0 Å². The predicted molar refractivity (Wildman–Crippen MR) is 98.0 cm³/mol. The summed E-state index contributed by atoms with van der Waals surface area (Å²) in [6.07, 6.45) is 0.249. The highest BCUT2D eigenvalue weighted by atomic mass is 16.5. The number of amides is 2.